The zero-order chi connectivity index (χ0) is 31.4. The number of nitrogens with zero attached hydrogens (tertiary/aromatic N) is 4. The molecule has 0 unspecified atom stereocenters. The zero-order valence-corrected chi connectivity index (χ0v) is 31.4. The number of allylic oxidation sites excluding steroid dienone is 2. The molecule has 2 atom stereocenters. The second kappa shape index (κ2) is 12.8. The van der Waals surface area contributed by atoms with Crippen LogP contribution in [0.5, 0.6) is 0 Å². The predicted octanol–water partition coefficient (Wildman–Crippen LogP) is 7.01. The van der Waals surface area contributed by atoms with Crippen LogP contribution in [0.3, 0.4) is 0 Å². The Hall–Kier alpha value is -3.34. The van der Waals surface area contributed by atoms with Crippen LogP contribution in [-0.2, 0) is 37.1 Å². The topological polar surface area (TPSA) is 100 Å². The number of rotatable bonds is 6. The molecule has 0 saturated carbocycles. The van der Waals surface area contributed by atoms with E-state index in [-0.39, 0.29) is 56.0 Å². The van der Waals surface area contributed by atoms with Gasteiger partial charge in [-0.2, -0.15) is 0 Å². The van der Waals surface area contributed by atoms with Gasteiger partial charge < -0.3 is 15.3 Å². The van der Waals surface area contributed by atoms with Gasteiger partial charge in [0.1, 0.15) is 0 Å². The monoisotopic (exact) mass is 713 g/mol. The first-order valence-corrected chi connectivity index (χ1v) is 16.2. The molecule has 1 aliphatic carbocycles. The number of fused-ring (bicyclic) bond motifs is 8. The summed E-state index contributed by atoms with van der Waals surface area (Å²) in [5.74, 6) is 2.32. The van der Waals surface area contributed by atoms with Crippen LogP contribution in [-0.4, -0.2) is 28.2 Å². The number of hydrogen-bond donors (Lipinski definition) is 1. The molecule has 3 aliphatic rings. The Kier molecular flexibility index (Phi) is 9.41. The Morgan fingerprint density at radius 1 is 1.04 bits per heavy atom. The van der Waals surface area contributed by atoms with Crippen molar-refractivity contribution in [2.24, 2.45) is 0 Å². The number of nitrogens with one attached hydrogen (secondary N) is 1. The third kappa shape index (κ3) is 5.44. The van der Waals surface area contributed by atoms with E-state index in [2.05, 4.69) is 67.9 Å². The number of aryl methyl sites for hydroxylation is 3. The van der Waals surface area contributed by atoms with Gasteiger partial charge in [-0.15, -0.1) is 28.5 Å². The molecule has 5 heterocycles. The fourth-order valence-corrected chi connectivity index (χ4v) is 7.94. The van der Waals surface area contributed by atoms with Crippen molar-refractivity contribution in [1.29, 1.82) is 0 Å². The zero-order valence-electron chi connectivity index (χ0n) is 26.8. The summed E-state index contributed by atoms with van der Waals surface area (Å²) in [4.78, 5) is 46.7. The van der Waals surface area contributed by atoms with Gasteiger partial charge in [0.15, 0.2) is 5.78 Å². The number of carbonyl (C=O) groups is 2. The van der Waals surface area contributed by atoms with Gasteiger partial charge in [-0.1, -0.05) is 71.4 Å². The van der Waals surface area contributed by atoms with Crippen LogP contribution < -0.4 is 15.3 Å². The molecule has 7 nitrogen and oxygen atoms in total. The van der Waals surface area contributed by atoms with E-state index in [9.17, 15) is 9.59 Å². The minimum atomic E-state index is -0.0959. The van der Waals surface area contributed by atoms with Gasteiger partial charge in [0.25, 0.3) is 0 Å². The first-order chi connectivity index (χ1) is 21.1. The predicted molar refractivity (Wildman–Crippen MR) is 179 cm³/mol. The Morgan fingerprint density at radius 3 is 2.44 bits per heavy atom. The molecule has 0 fully saturated rings. The Balaban J connectivity index is 0.00000400. The van der Waals surface area contributed by atoms with Gasteiger partial charge in [-0.25, -0.2) is 4.98 Å². The molecule has 9 heteroatoms. The fourth-order valence-electron chi connectivity index (χ4n) is 7.10. The normalized spacial score (nSPS) is 17.0. The van der Waals surface area contributed by atoms with Gasteiger partial charge in [-0.3, -0.25) is 14.6 Å². The van der Waals surface area contributed by atoms with Gasteiger partial charge in [0, 0.05) is 40.4 Å². The molecule has 226 valence electrons. The van der Waals surface area contributed by atoms with Gasteiger partial charge >= 0.3 is 19.5 Å². The Morgan fingerprint density at radius 2 is 1.76 bits per heavy atom. The first kappa shape index (κ1) is 33.0. The third-order valence-electron chi connectivity index (χ3n) is 9.56. The maximum Gasteiger partial charge on any atom is 2.00 e. The average Bonchev–Trinajstić information content (AvgIpc) is 3.76. The summed E-state index contributed by atoms with van der Waals surface area (Å²) in [6, 6.07) is 4.13. The van der Waals surface area contributed by atoms with Gasteiger partial charge in [0.05, 0.1) is 23.6 Å². The van der Waals surface area contributed by atoms with Crippen molar-refractivity contribution in [2.45, 2.75) is 85.5 Å². The summed E-state index contributed by atoms with van der Waals surface area (Å²) in [6.07, 6.45) is 8.14. The molecule has 0 saturated heterocycles. The summed E-state index contributed by atoms with van der Waals surface area (Å²) in [7, 11) is 0. The van der Waals surface area contributed by atoms with Crippen molar-refractivity contribution in [1.82, 2.24) is 25.3 Å². The van der Waals surface area contributed by atoms with Crippen molar-refractivity contribution in [3.8, 4) is 12.3 Å². The maximum absolute atomic E-state index is 13.5. The second-order valence-corrected chi connectivity index (χ2v) is 12.8. The van der Waals surface area contributed by atoms with Crippen LogP contribution >= 0.6 is 15.9 Å². The summed E-state index contributed by atoms with van der Waals surface area (Å²) in [6.45, 7) is 12.8. The molecule has 0 aromatic carbocycles. The molecule has 45 heavy (non-hydrogen) atoms. The molecule has 2 aliphatic heterocycles. The largest absolute Gasteiger partial charge is 2.00 e. The second-order valence-electron chi connectivity index (χ2n) is 12.0. The third-order valence-corrected chi connectivity index (χ3v) is 10.3. The summed E-state index contributed by atoms with van der Waals surface area (Å²) >= 11 is 3.92. The molecular weight excluding hydrogens is 680 g/mol. The van der Waals surface area contributed by atoms with Crippen LogP contribution in [0.2, 0.25) is 0 Å². The maximum atomic E-state index is 13.5. The van der Waals surface area contributed by atoms with E-state index in [1.807, 2.05) is 13.0 Å². The Labute approximate surface area is 285 Å². The molecule has 0 spiro atoms. The minimum absolute atomic E-state index is 0. The molecule has 8 bridgehead atoms. The number of halogens is 1. The number of hydrogen-bond acceptors (Lipinski definition) is 4. The van der Waals surface area contributed by atoms with Crippen LogP contribution in [0.25, 0.3) is 33.2 Å². The number of carbonyl (C=O) groups excluding carboxylic acids is 2. The molecule has 6 rings (SSSR count). The van der Waals surface area contributed by atoms with Crippen molar-refractivity contribution in [3.05, 3.63) is 67.2 Å². The smallest absolute Gasteiger partial charge is 0.657 e. The quantitative estimate of drug-likeness (QED) is 0.218. The van der Waals surface area contributed by atoms with Crippen molar-refractivity contribution in [2.75, 3.05) is 6.54 Å². The van der Waals surface area contributed by atoms with E-state index >= 15 is 0 Å². The van der Waals surface area contributed by atoms with E-state index < -0.39 is 0 Å². The number of ketones is 1. The number of Topliss-reactive ketones (excluding diaryl/α,β-unsaturated/α-hetero) is 1. The van der Waals surface area contributed by atoms with Gasteiger partial charge in [0.2, 0.25) is 5.91 Å². The van der Waals surface area contributed by atoms with Crippen LogP contribution in [0.15, 0.2) is 16.6 Å². The van der Waals surface area contributed by atoms with Crippen LogP contribution in [0.1, 0.15) is 114 Å². The molecule has 0 radical (unpaired) electrons. The average molecular weight is 716 g/mol. The van der Waals surface area contributed by atoms with Gasteiger partial charge in [-0.05, 0) is 56.7 Å². The van der Waals surface area contributed by atoms with Crippen LogP contribution in [0, 0.1) is 26.2 Å². The van der Waals surface area contributed by atoms with Crippen molar-refractivity contribution in [3.63, 3.8) is 0 Å². The summed E-state index contributed by atoms with van der Waals surface area (Å²) in [5, 5.41) is 2.78. The standard InChI is InChI=1S/C36H38BrN5O2.Zn/c1-8-13-38-30(44)12-11-23-19(6)34-32(37)33-18(5)22(10-3)28(41-33)15-25-17(4)21(9-2)27(39-25)16-26-20(7)31-29(43)14-24(35(23)42-34)36(31)40-26;/h1,15-16,19,23H,9-14H2,2-7H3,(H3,38,39,40,41,42,43,44);/q;+2/p-2/t19-,23-;/m0./s1. The summed E-state index contributed by atoms with van der Waals surface area (Å²) < 4.78 is 0.841. The molecule has 1 N–H and O–H groups in total. The molecule has 1 amide bonds. The molecule has 3 aromatic rings. The molecular formula is C36H36BrN5O2Zn. The van der Waals surface area contributed by atoms with Crippen LogP contribution in [0.4, 0.5) is 0 Å². The van der Waals surface area contributed by atoms with E-state index in [1.165, 1.54) is 11.1 Å². The summed E-state index contributed by atoms with van der Waals surface area (Å²) in [5.41, 5.74) is 13.7. The van der Waals surface area contributed by atoms with E-state index in [4.69, 9.17) is 26.4 Å². The van der Waals surface area contributed by atoms with E-state index in [1.54, 1.807) is 0 Å². The van der Waals surface area contributed by atoms with E-state index in [0.29, 0.717) is 23.9 Å². The van der Waals surface area contributed by atoms with Crippen molar-refractivity contribution >= 4 is 60.8 Å². The van der Waals surface area contributed by atoms with E-state index in [0.717, 1.165) is 78.9 Å². The SMILES string of the molecule is C#CCNC(=O)CC[C@@H]1c2nc(c(Br)c3[n-]c(cc4nc(cc5[n-]c6c2CC(=O)c6c5C)C(CC)=C4C)c(CC)c3C)[C@H]1C.[Zn+2]. The minimum Gasteiger partial charge on any atom is -0.657 e. The van der Waals surface area contributed by atoms with Crippen molar-refractivity contribution < 1.29 is 29.1 Å². The number of aromatic nitrogens is 4. The first-order valence-electron chi connectivity index (χ1n) is 15.4. The number of amides is 1. The molecule has 3 aromatic heterocycles. The fraction of sp³-hybridized carbons (Fsp3) is 0.389. The Bertz CT molecular complexity index is 1990. The number of terminal acetylenes is 1.